The predicted molar refractivity (Wildman–Crippen MR) is 57.9 cm³/mol. The topological polar surface area (TPSA) is 63.4 Å². The van der Waals surface area contributed by atoms with Gasteiger partial charge in [0, 0.05) is 25.0 Å². The molecule has 2 N–H and O–H groups in total. The van der Waals surface area contributed by atoms with Crippen molar-refractivity contribution in [2.24, 2.45) is 5.73 Å². The molecular weight excluding hydrogens is 224 g/mol. The third-order valence-electron chi connectivity index (χ3n) is 2.43. The predicted octanol–water partition coefficient (Wildman–Crippen LogP) is 0.368. The van der Waals surface area contributed by atoms with Gasteiger partial charge in [0.15, 0.2) is 0 Å². The van der Waals surface area contributed by atoms with Crippen LogP contribution in [0.5, 0.6) is 0 Å². The smallest absolute Gasteiger partial charge is 0.214 e. The molecule has 1 fully saturated rings. The van der Waals surface area contributed by atoms with Gasteiger partial charge in [0.05, 0.1) is 5.75 Å². The molecule has 0 aromatic carbocycles. The second kappa shape index (κ2) is 5.30. The zero-order chi connectivity index (χ0) is 10.6. The second-order valence-corrected chi connectivity index (χ2v) is 6.06. The molecule has 1 aliphatic rings. The SMILES string of the molecule is NC1CCN(S(=O)(=O)CCCCl)CC1. The molecule has 0 unspecified atom stereocenters. The van der Waals surface area contributed by atoms with E-state index in [1.54, 1.807) is 0 Å². The van der Waals surface area contributed by atoms with Crippen molar-refractivity contribution in [3.8, 4) is 0 Å². The standard InChI is InChI=1S/C8H17ClN2O2S/c9-4-1-7-14(12,13)11-5-2-8(10)3-6-11/h8H,1-7,10H2. The average molecular weight is 241 g/mol. The summed E-state index contributed by atoms with van der Waals surface area (Å²) >= 11 is 5.47. The molecule has 1 rings (SSSR count). The quantitative estimate of drug-likeness (QED) is 0.723. The summed E-state index contributed by atoms with van der Waals surface area (Å²) in [4.78, 5) is 0. The van der Waals surface area contributed by atoms with Gasteiger partial charge in [-0.25, -0.2) is 12.7 Å². The maximum atomic E-state index is 11.7. The minimum atomic E-state index is -3.08. The molecular formula is C8H17ClN2O2S. The first-order chi connectivity index (χ1) is 6.56. The second-order valence-electron chi connectivity index (χ2n) is 3.60. The zero-order valence-corrected chi connectivity index (χ0v) is 9.73. The molecule has 0 bridgehead atoms. The molecule has 6 heteroatoms. The Morgan fingerprint density at radius 3 is 2.43 bits per heavy atom. The van der Waals surface area contributed by atoms with E-state index in [4.69, 9.17) is 17.3 Å². The molecule has 0 spiro atoms. The highest BCUT2D eigenvalue weighted by atomic mass is 35.5. The number of nitrogens with zero attached hydrogens (tertiary/aromatic N) is 1. The lowest BCUT2D eigenvalue weighted by Crippen LogP contribution is -2.43. The Kier molecular flexibility index (Phi) is 4.63. The minimum Gasteiger partial charge on any atom is -0.328 e. The van der Waals surface area contributed by atoms with Crippen molar-refractivity contribution in [3.05, 3.63) is 0 Å². The number of halogens is 1. The van der Waals surface area contributed by atoms with E-state index in [9.17, 15) is 8.42 Å². The Bertz CT molecular complexity index is 261. The first kappa shape index (κ1) is 12.2. The maximum absolute atomic E-state index is 11.7. The van der Waals surface area contributed by atoms with Gasteiger partial charge in [0.1, 0.15) is 0 Å². The van der Waals surface area contributed by atoms with E-state index in [2.05, 4.69) is 0 Å². The van der Waals surface area contributed by atoms with E-state index >= 15 is 0 Å². The molecule has 1 saturated heterocycles. The molecule has 0 amide bonds. The molecule has 0 aliphatic carbocycles. The van der Waals surface area contributed by atoms with Crippen molar-refractivity contribution in [3.63, 3.8) is 0 Å². The average Bonchev–Trinajstić information content (AvgIpc) is 2.16. The number of rotatable bonds is 4. The Morgan fingerprint density at radius 1 is 1.36 bits per heavy atom. The van der Waals surface area contributed by atoms with Crippen LogP contribution in [0.15, 0.2) is 0 Å². The third-order valence-corrected chi connectivity index (χ3v) is 4.65. The van der Waals surface area contributed by atoms with E-state index in [0.29, 0.717) is 25.4 Å². The van der Waals surface area contributed by atoms with E-state index in [1.165, 1.54) is 4.31 Å². The van der Waals surface area contributed by atoms with Crippen molar-refractivity contribution < 1.29 is 8.42 Å². The molecule has 0 aromatic rings. The molecule has 1 aliphatic heterocycles. The van der Waals surface area contributed by atoms with E-state index in [1.807, 2.05) is 0 Å². The van der Waals surface area contributed by atoms with Crippen LogP contribution in [0.4, 0.5) is 0 Å². The molecule has 0 aromatic heterocycles. The van der Waals surface area contributed by atoms with Crippen molar-refractivity contribution in [1.82, 2.24) is 4.31 Å². The number of sulfonamides is 1. The van der Waals surface area contributed by atoms with Gasteiger partial charge in [-0.3, -0.25) is 0 Å². The first-order valence-electron chi connectivity index (χ1n) is 4.85. The van der Waals surface area contributed by atoms with Gasteiger partial charge in [0.25, 0.3) is 0 Å². The van der Waals surface area contributed by atoms with Crippen molar-refractivity contribution >= 4 is 21.6 Å². The van der Waals surface area contributed by atoms with Gasteiger partial charge in [-0.05, 0) is 19.3 Å². The van der Waals surface area contributed by atoms with Crippen LogP contribution in [-0.2, 0) is 10.0 Å². The van der Waals surface area contributed by atoms with Gasteiger partial charge in [-0.15, -0.1) is 11.6 Å². The van der Waals surface area contributed by atoms with Crippen molar-refractivity contribution in [1.29, 1.82) is 0 Å². The summed E-state index contributed by atoms with van der Waals surface area (Å²) in [5, 5.41) is 0. The van der Waals surface area contributed by atoms with E-state index < -0.39 is 10.0 Å². The highest BCUT2D eigenvalue weighted by Gasteiger charge is 2.25. The van der Waals surface area contributed by atoms with Gasteiger partial charge >= 0.3 is 0 Å². The fraction of sp³-hybridized carbons (Fsp3) is 1.00. The first-order valence-corrected chi connectivity index (χ1v) is 7.00. The van der Waals surface area contributed by atoms with Crippen LogP contribution in [0, 0.1) is 0 Å². The van der Waals surface area contributed by atoms with Crippen LogP contribution in [0.25, 0.3) is 0 Å². The third kappa shape index (κ3) is 3.38. The van der Waals surface area contributed by atoms with Crippen molar-refractivity contribution in [2.45, 2.75) is 25.3 Å². The maximum Gasteiger partial charge on any atom is 0.214 e. The van der Waals surface area contributed by atoms with Gasteiger partial charge in [-0.1, -0.05) is 0 Å². The largest absolute Gasteiger partial charge is 0.328 e. The summed E-state index contributed by atoms with van der Waals surface area (Å²) < 4.78 is 24.9. The van der Waals surface area contributed by atoms with Gasteiger partial charge < -0.3 is 5.73 Å². The van der Waals surface area contributed by atoms with Gasteiger partial charge in [0.2, 0.25) is 10.0 Å². The highest BCUT2D eigenvalue weighted by molar-refractivity contribution is 7.89. The molecule has 14 heavy (non-hydrogen) atoms. The monoisotopic (exact) mass is 240 g/mol. The van der Waals surface area contributed by atoms with Crippen LogP contribution in [0.1, 0.15) is 19.3 Å². The number of piperidine rings is 1. The lowest BCUT2D eigenvalue weighted by Gasteiger charge is -2.29. The summed E-state index contributed by atoms with van der Waals surface area (Å²) in [7, 11) is -3.08. The number of alkyl halides is 1. The zero-order valence-electron chi connectivity index (χ0n) is 8.15. The molecule has 84 valence electrons. The van der Waals surface area contributed by atoms with Gasteiger partial charge in [-0.2, -0.15) is 0 Å². The fourth-order valence-corrected chi connectivity index (χ4v) is 3.35. The van der Waals surface area contributed by atoms with Crippen molar-refractivity contribution in [2.75, 3.05) is 24.7 Å². The lowest BCUT2D eigenvalue weighted by atomic mass is 10.1. The van der Waals surface area contributed by atoms with Crippen LogP contribution in [-0.4, -0.2) is 43.5 Å². The molecule has 1 heterocycles. The Morgan fingerprint density at radius 2 is 1.93 bits per heavy atom. The fourth-order valence-electron chi connectivity index (χ4n) is 1.52. The number of hydrogen-bond acceptors (Lipinski definition) is 3. The lowest BCUT2D eigenvalue weighted by molar-refractivity contribution is 0.320. The summed E-state index contributed by atoms with van der Waals surface area (Å²) in [6, 6.07) is 0.162. The summed E-state index contributed by atoms with van der Waals surface area (Å²) in [5.41, 5.74) is 5.70. The Labute approximate surface area is 90.5 Å². The minimum absolute atomic E-state index is 0.158. The summed E-state index contributed by atoms with van der Waals surface area (Å²) in [5.74, 6) is 0.554. The Hall–Kier alpha value is 0.160. The van der Waals surface area contributed by atoms with Crippen LogP contribution in [0.2, 0.25) is 0 Å². The summed E-state index contributed by atoms with van der Waals surface area (Å²) in [6.45, 7) is 1.12. The normalized spacial score (nSPS) is 21.3. The number of nitrogens with two attached hydrogens (primary N) is 1. The van der Waals surface area contributed by atoms with Crippen LogP contribution in [0.3, 0.4) is 0 Å². The molecule has 0 saturated carbocycles. The van der Waals surface area contributed by atoms with E-state index in [0.717, 1.165) is 12.8 Å². The van der Waals surface area contributed by atoms with Crippen LogP contribution < -0.4 is 5.73 Å². The molecule has 4 nitrogen and oxygen atoms in total. The summed E-state index contributed by atoms with van der Waals surface area (Å²) in [6.07, 6.45) is 2.05. The Balaban J connectivity index is 2.47. The van der Waals surface area contributed by atoms with Crippen LogP contribution >= 0.6 is 11.6 Å². The molecule has 0 radical (unpaired) electrons. The van der Waals surface area contributed by atoms with E-state index in [-0.39, 0.29) is 11.8 Å². The highest BCUT2D eigenvalue weighted by Crippen LogP contribution is 2.13. The number of hydrogen-bond donors (Lipinski definition) is 1. The molecule has 0 atom stereocenters.